The second-order valence-corrected chi connectivity index (χ2v) is 5.67. The van der Waals surface area contributed by atoms with Gasteiger partial charge in [-0.3, -0.25) is 4.79 Å². The van der Waals surface area contributed by atoms with Crippen LogP contribution >= 0.6 is 0 Å². The van der Waals surface area contributed by atoms with Gasteiger partial charge in [-0.15, -0.1) is 0 Å². The maximum atomic E-state index is 12.4. The van der Waals surface area contributed by atoms with E-state index in [4.69, 9.17) is 5.73 Å². The minimum atomic E-state index is -0.418. The molecule has 98 valence electrons. The van der Waals surface area contributed by atoms with Gasteiger partial charge in [0.05, 0.1) is 5.41 Å². The third-order valence-electron chi connectivity index (χ3n) is 4.31. The van der Waals surface area contributed by atoms with Crippen LogP contribution in [0.1, 0.15) is 37.3 Å². The van der Waals surface area contributed by atoms with Gasteiger partial charge in [0.25, 0.3) is 0 Å². The van der Waals surface area contributed by atoms with E-state index in [1.165, 1.54) is 11.1 Å². The quantitative estimate of drug-likeness (QED) is 0.843. The number of benzene rings is 1. The Morgan fingerprint density at radius 2 is 2.11 bits per heavy atom. The highest BCUT2D eigenvalue weighted by Gasteiger charge is 2.42. The smallest absolute Gasteiger partial charge is 0.231 e. The summed E-state index contributed by atoms with van der Waals surface area (Å²) in [6.45, 7) is 6.09. The lowest BCUT2D eigenvalue weighted by Gasteiger charge is -2.27. The summed E-state index contributed by atoms with van der Waals surface area (Å²) in [7, 11) is 0. The van der Waals surface area contributed by atoms with E-state index in [9.17, 15) is 4.79 Å². The Hall–Kier alpha value is -1.35. The SMILES string of the molecule is Cc1ccc(NC(=O)C2(C)CCCC2N)cc1C. The normalized spacial score (nSPS) is 27.2. The van der Waals surface area contributed by atoms with E-state index < -0.39 is 5.41 Å². The van der Waals surface area contributed by atoms with Gasteiger partial charge in [0.1, 0.15) is 0 Å². The molecule has 1 aromatic carbocycles. The molecule has 0 bridgehead atoms. The van der Waals surface area contributed by atoms with Gasteiger partial charge in [-0.2, -0.15) is 0 Å². The van der Waals surface area contributed by atoms with E-state index in [1.807, 2.05) is 32.0 Å². The van der Waals surface area contributed by atoms with Gasteiger partial charge < -0.3 is 11.1 Å². The maximum Gasteiger partial charge on any atom is 0.231 e. The number of nitrogens with two attached hydrogens (primary N) is 1. The number of carbonyl (C=O) groups excluding carboxylic acids is 1. The second kappa shape index (κ2) is 4.73. The molecule has 2 rings (SSSR count). The predicted octanol–water partition coefficient (Wildman–Crippen LogP) is 2.76. The first-order valence-electron chi connectivity index (χ1n) is 6.58. The van der Waals surface area contributed by atoms with E-state index in [1.54, 1.807) is 0 Å². The Kier molecular flexibility index (Phi) is 3.44. The molecular weight excluding hydrogens is 224 g/mol. The topological polar surface area (TPSA) is 55.1 Å². The summed E-state index contributed by atoms with van der Waals surface area (Å²) in [6, 6.07) is 5.97. The van der Waals surface area contributed by atoms with E-state index in [2.05, 4.69) is 12.2 Å². The fourth-order valence-corrected chi connectivity index (χ4v) is 2.57. The molecule has 0 aliphatic heterocycles. The van der Waals surface area contributed by atoms with Crippen molar-refractivity contribution in [3.63, 3.8) is 0 Å². The Balaban J connectivity index is 2.14. The third-order valence-corrected chi connectivity index (χ3v) is 4.31. The highest BCUT2D eigenvalue weighted by Crippen LogP contribution is 2.37. The van der Waals surface area contributed by atoms with Crippen molar-refractivity contribution in [2.24, 2.45) is 11.1 Å². The van der Waals surface area contributed by atoms with E-state index in [0.717, 1.165) is 24.9 Å². The van der Waals surface area contributed by atoms with Crippen LogP contribution in [0.5, 0.6) is 0 Å². The van der Waals surface area contributed by atoms with Crippen LogP contribution in [0.2, 0.25) is 0 Å². The number of hydrogen-bond donors (Lipinski definition) is 2. The molecule has 2 atom stereocenters. The van der Waals surface area contributed by atoms with Crippen LogP contribution in [0, 0.1) is 19.3 Å². The molecule has 1 saturated carbocycles. The van der Waals surface area contributed by atoms with Crippen molar-refractivity contribution in [1.82, 2.24) is 0 Å². The van der Waals surface area contributed by atoms with Crippen molar-refractivity contribution < 1.29 is 4.79 Å². The zero-order chi connectivity index (χ0) is 13.3. The number of carbonyl (C=O) groups is 1. The lowest BCUT2D eigenvalue weighted by molar-refractivity contribution is -0.125. The van der Waals surface area contributed by atoms with E-state index in [0.29, 0.717) is 0 Å². The van der Waals surface area contributed by atoms with Gasteiger partial charge in [0, 0.05) is 11.7 Å². The maximum absolute atomic E-state index is 12.4. The molecule has 1 aliphatic carbocycles. The average molecular weight is 246 g/mol. The molecule has 1 amide bonds. The van der Waals surface area contributed by atoms with Crippen molar-refractivity contribution in [3.05, 3.63) is 29.3 Å². The summed E-state index contributed by atoms with van der Waals surface area (Å²) in [5.74, 6) is 0.0516. The largest absolute Gasteiger partial charge is 0.327 e. The van der Waals surface area contributed by atoms with Crippen molar-refractivity contribution in [3.8, 4) is 0 Å². The lowest BCUT2D eigenvalue weighted by Crippen LogP contribution is -2.44. The molecule has 3 nitrogen and oxygen atoms in total. The Bertz CT molecular complexity index is 470. The molecule has 1 aromatic rings. The summed E-state index contributed by atoms with van der Waals surface area (Å²) >= 11 is 0. The zero-order valence-electron chi connectivity index (χ0n) is 11.4. The highest BCUT2D eigenvalue weighted by molar-refractivity contribution is 5.96. The van der Waals surface area contributed by atoms with Crippen LogP contribution in [0.15, 0.2) is 18.2 Å². The molecule has 1 fully saturated rings. The standard InChI is InChI=1S/C15H22N2O/c1-10-6-7-12(9-11(10)2)17-14(18)15(3)8-4-5-13(15)16/h6-7,9,13H,4-5,8,16H2,1-3H3,(H,17,18). The molecule has 0 heterocycles. The first-order valence-corrected chi connectivity index (χ1v) is 6.58. The molecule has 1 aliphatic rings. The van der Waals surface area contributed by atoms with Gasteiger partial charge in [-0.1, -0.05) is 12.5 Å². The fraction of sp³-hybridized carbons (Fsp3) is 0.533. The summed E-state index contributed by atoms with van der Waals surface area (Å²) < 4.78 is 0. The minimum absolute atomic E-state index is 0.0240. The molecule has 0 radical (unpaired) electrons. The zero-order valence-corrected chi connectivity index (χ0v) is 11.4. The van der Waals surface area contributed by atoms with Gasteiger partial charge in [-0.05, 0) is 56.9 Å². The predicted molar refractivity (Wildman–Crippen MR) is 74.5 cm³/mol. The minimum Gasteiger partial charge on any atom is -0.327 e. The molecule has 0 spiro atoms. The Labute approximate surface area is 109 Å². The molecule has 18 heavy (non-hydrogen) atoms. The van der Waals surface area contributed by atoms with Crippen LogP contribution < -0.4 is 11.1 Å². The number of aryl methyl sites for hydroxylation is 2. The summed E-state index contributed by atoms with van der Waals surface area (Å²) in [6.07, 6.45) is 2.86. The monoisotopic (exact) mass is 246 g/mol. The van der Waals surface area contributed by atoms with Crippen LogP contribution in [0.4, 0.5) is 5.69 Å². The summed E-state index contributed by atoms with van der Waals surface area (Å²) in [5, 5.41) is 3.00. The van der Waals surface area contributed by atoms with E-state index >= 15 is 0 Å². The van der Waals surface area contributed by atoms with E-state index in [-0.39, 0.29) is 11.9 Å². The van der Waals surface area contributed by atoms with Crippen LogP contribution in [0.25, 0.3) is 0 Å². The first-order chi connectivity index (χ1) is 8.43. The van der Waals surface area contributed by atoms with Crippen molar-refractivity contribution in [2.75, 3.05) is 5.32 Å². The van der Waals surface area contributed by atoms with Crippen LogP contribution in [0.3, 0.4) is 0 Å². The molecule has 3 heteroatoms. The number of hydrogen-bond acceptors (Lipinski definition) is 2. The number of anilines is 1. The number of amides is 1. The van der Waals surface area contributed by atoms with Gasteiger partial charge in [0.15, 0.2) is 0 Å². The van der Waals surface area contributed by atoms with Crippen molar-refractivity contribution in [1.29, 1.82) is 0 Å². The Morgan fingerprint density at radius 3 is 2.67 bits per heavy atom. The van der Waals surface area contributed by atoms with Gasteiger partial charge in [0.2, 0.25) is 5.91 Å². The number of rotatable bonds is 2. The Morgan fingerprint density at radius 1 is 1.39 bits per heavy atom. The van der Waals surface area contributed by atoms with Crippen LogP contribution in [-0.4, -0.2) is 11.9 Å². The molecule has 3 N–H and O–H groups in total. The van der Waals surface area contributed by atoms with Crippen molar-refractivity contribution in [2.45, 2.75) is 46.1 Å². The lowest BCUT2D eigenvalue weighted by atomic mass is 9.84. The van der Waals surface area contributed by atoms with Gasteiger partial charge >= 0.3 is 0 Å². The summed E-state index contributed by atoms with van der Waals surface area (Å²) in [4.78, 5) is 12.4. The first kappa shape index (κ1) is 13.1. The average Bonchev–Trinajstić information content (AvgIpc) is 2.66. The fourth-order valence-electron chi connectivity index (χ4n) is 2.57. The van der Waals surface area contributed by atoms with Crippen LogP contribution in [-0.2, 0) is 4.79 Å². The van der Waals surface area contributed by atoms with Gasteiger partial charge in [-0.25, -0.2) is 0 Å². The van der Waals surface area contributed by atoms with Crippen molar-refractivity contribution >= 4 is 11.6 Å². The second-order valence-electron chi connectivity index (χ2n) is 5.67. The summed E-state index contributed by atoms with van der Waals surface area (Å²) in [5.41, 5.74) is 8.93. The molecule has 0 saturated heterocycles. The molecule has 2 unspecified atom stereocenters. The number of nitrogens with one attached hydrogen (secondary N) is 1. The molecular formula is C15H22N2O. The third kappa shape index (κ3) is 2.27. The molecule has 0 aromatic heterocycles. The highest BCUT2D eigenvalue weighted by atomic mass is 16.2.